The molecular weight excluding hydrogens is 316 g/mol. The van der Waals surface area contributed by atoms with Crippen LogP contribution in [-0.2, 0) is 6.61 Å². The molecular formula is C14H12BrClO2. The van der Waals surface area contributed by atoms with Gasteiger partial charge >= 0.3 is 0 Å². The highest BCUT2D eigenvalue weighted by Gasteiger charge is 2.06. The lowest BCUT2D eigenvalue weighted by Gasteiger charge is -2.11. The zero-order chi connectivity index (χ0) is 13.1. The van der Waals surface area contributed by atoms with Crippen molar-refractivity contribution in [3.8, 4) is 11.5 Å². The first-order valence-electron chi connectivity index (χ1n) is 5.43. The largest absolute Gasteiger partial charge is 0.457 e. The third kappa shape index (κ3) is 3.05. The predicted octanol–water partition coefficient (Wildman–Crippen LogP) is 4.70. The van der Waals surface area contributed by atoms with Crippen molar-refractivity contribution in [2.45, 2.75) is 13.5 Å². The Morgan fingerprint density at radius 3 is 2.67 bits per heavy atom. The molecule has 0 radical (unpaired) electrons. The van der Waals surface area contributed by atoms with Gasteiger partial charge in [0.25, 0.3) is 0 Å². The molecule has 0 aliphatic heterocycles. The van der Waals surface area contributed by atoms with Crippen molar-refractivity contribution in [1.82, 2.24) is 0 Å². The standard InChI is InChI=1S/C14H12BrClO2/c1-9-6-12(3-4-13(9)15)18-14-5-2-11(16)7-10(14)8-17/h2-7,17H,8H2,1H3. The van der Waals surface area contributed by atoms with Crippen LogP contribution in [0.25, 0.3) is 0 Å². The van der Waals surface area contributed by atoms with E-state index in [1.165, 1.54) is 0 Å². The Balaban J connectivity index is 2.30. The normalized spacial score (nSPS) is 10.4. The average Bonchev–Trinajstić information content (AvgIpc) is 2.36. The van der Waals surface area contributed by atoms with Gasteiger partial charge in [-0.2, -0.15) is 0 Å². The predicted molar refractivity (Wildman–Crippen MR) is 76.3 cm³/mol. The Hall–Kier alpha value is -1.03. The second-order valence-electron chi connectivity index (χ2n) is 3.92. The average molecular weight is 328 g/mol. The lowest BCUT2D eigenvalue weighted by molar-refractivity contribution is 0.276. The van der Waals surface area contributed by atoms with Gasteiger partial charge in [-0.1, -0.05) is 27.5 Å². The zero-order valence-corrected chi connectivity index (χ0v) is 12.1. The molecule has 0 atom stereocenters. The van der Waals surface area contributed by atoms with E-state index in [1.807, 2.05) is 25.1 Å². The summed E-state index contributed by atoms with van der Waals surface area (Å²) in [5.74, 6) is 1.34. The van der Waals surface area contributed by atoms with Gasteiger partial charge in [-0.15, -0.1) is 0 Å². The highest BCUT2D eigenvalue weighted by molar-refractivity contribution is 9.10. The molecule has 18 heavy (non-hydrogen) atoms. The summed E-state index contributed by atoms with van der Waals surface area (Å²) in [6, 6.07) is 10.9. The molecule has 0 fully saturated rings. The van der Waals surface area contributed by atoms with Gasteiger partial charge in [0.05, 0.1) is 6.61 Å². The molecule has 0 unspecified atom stereocenters. The second-order valence-corrected chi connectivity index (χ2v) is 5.21. The van der Waals surface area contributed by atoms with Gasteiger partial charge < -0.3 is 9.84 Å². The molecule has 4 heteroatoms. The summed E-state index contributed by atoms with van der Waals surface area (Å²) in [5, 5.41) is 9.86. The number of ether oxygens (including phenoxy) is 1. The maximum atomic E-state index is 9.27. The molecule has 0 amide bonds. The number of hydrogen-bond acceptors (Lipinski definition) is 2. The van der Waals surface area contributed by atoms with Gasteiger partial charge in [0, 0.05) is 15.1 Å². The topological polar surface area (TPSA) is 29.5 Å². The summed E-state index contributed by atoms with van der Waals surface area (Å²) in [6.45, 7) is 1.89. The number of rotatable bonds is 3. The van der Waals surface area contributed by atoms with Crippen LogP contribution in [0, 0.1) is 6.92 Å². The summed E-state index contributed by atoms with van der Waals surface area (Å²) in [4.78, 5) is 0. The number of benzene rings is 2. The zero-order valence-electron chi connectivity index (χ0n) is 9.78. The van der Waals surface area contributed by atoms with Crippen LogP contribution in [-0.4, -0.2) is 5.11 Å². The molecule has 0 heterocycles. The summed E-state index contributed by atoms with van der Waals surface area (Å²) in [6.07, 6.45) is 0. The fourth-order valence-corrected chi connectivity index (χ4v) is 2.02. The van der Waals surface area contributed by atoms with E-state index in [9.17, 15) is 5.11 Å². The molecule has 2 rings (SSSR count). The first kappa shape index (κ1) is 13.4. The quantitative estimate of drug-likeness (QED) is 0.885. The number of hydrogen-bond donors (Lipinski definition) is 1. The molecule has 0 saturated heterocycles. The first-order chi connectivity index (χ1) is 8.60. The molecule has 2 aromatic rings. The van der Waals surface area contributed by atoms with E-state index < -0.39 is 0 Å². The van der Waals surface area contributed by atoms with Crippen molar-refractivity contribution < 1.29 is 9.84 Å². The van der Waals surface area contributed by atoms with Crippen molar-refractivity contribution in [1.29, 1.82) is 0 Å². The summed E-state index contributed by atoms with van der Waals surface area (Å²) >= 11 is 9.31. The van der Waals surface area contributed by atoms with E-state index in [2.05, 4.69) is 15.9 Å². The van der Waals surface area contributed by atoms with E-state index >= 15 is 0 Å². The highest BCUT2D eigenvalue weighted by Crippen LogP contribution is 2.30. The van der Waals surface area contributed by atoms with Crippen LogP contribution in [0.2, 0.25) is 5.02 Å². The van der Waals surface area contributed by atoms with Crippen LogP contribution in [0.4, 0.5) is 0 Å². The smallest absolute Gasteiger partial charge is 0.133 e. The van der Waals surface area contributed by atoms with Crippen LogP contribution < -0.4 is 4.74 Å². The first-order valence-corrected chi connectivity index (χ1v) is 6.60. The summed E-state index contributed by atoms with van der Waals surface area (Å²) in [7, 11) is 0. The Labute approximate surface area is 119 Å². The van der Waals surface area contributed by atoms with Crippen LogP contribution in [0.15, 0.2) is 40.9 Å². The lowest BCUT2D eigenvalue weighted by Crippen LogP contribution is -1.92. The van der Waals surface area contributed by atoms with Crippen molar-refractivity contribution in [2.75, 3.05) is 0 Å². The van der Waals surface area contributed by atoms with E-state index in [-0.39, 0.29) is 6.61 Å². The number of halogens is 2. The second kappa shape index (κ2) is 5.74. The molecule has 0 spiro atoms. The van der Waals surface area contributed by atoms with Crippen LogP contribution >= 0.6 is 27.5 Å². The number of aliphatic hydroxyl groups is 1. The Morgan fingerprint density at radius 1 is 1.22 bits per heavy atom. The third-order valence-corrected chi connectivity index (χ3v) is 3.67. The lowest BCUT2D eigenvalue weighted by atomic mass is 10.2. The molecule has 2 nitrogen and oxygen atoms in total. The van der Waals surface area contributed by atoms with Crippen molar-refractivity contribution in [2.24, 2.45) is 0 Å². The van der Waals surface area contributed by atoms with Crippen molar-refractivity contribution in [3.63, 3.8) is 0 Å². The van der Waals surface area contributed by atoms with Crippen LogP contribution in [0.3, 0.4) is 0 Å². The Kier molecular flexibility index (Phi) is 4.27. The van der Waals surface area contributed by atoms with E-state index in [0.29, 0.717) is 16.3 Å². The van der Waals surface area contributed by atoms with Gasteiger partial charge in [0.1, 0.15) is 11.5 Å². The van der Waals surface area contributed by atoms with Crippen molar-refractivity contribution in [3.05, 3.63) is 57.0 Å². The number of aliphatic hydroxyl groups excluding tert-OH is 1. The van der Waals surface area contributed by atoms with E-state index in [1.54, 1.807) is 18.2 Å². The molecule has 0 aromatic heterocycles. The van der Waals surface area contributed by atoms with E-state index in [4.69, 9.17) is 16.3 Å². The Morgan fingerprint density at radius 2 is 2.00 bits per heavy atom. The molecule has 0 aliphatic rings. The minimum atomic E-state index is -0.106. The summed E-state index contributed by atoms with van der Waals surface area (Å²) < 4.78 is 6.79. The van der Waals surface area contributed by atoms with Crippen LogP contribution in [0.1, 0.15) is 11.1 Å². The SMILES string of the molecule is Cc1cc(Oc2ccc(Cl)cc2CO)ccc1Br. The van der Waals surface area contributed by atoms with Gasteiger partial charge in [0.15, 0.2) is 0 Å². The van der Waals surface area contributed by atoms with Crippen LogP contribution in [0.5, 0.6) is 11.5 Å². The van der Waals surface area contributed by atoms with Gasteiger partial charge in [-0.05, 0) is 48.9 Å². The van der Waals surface area contributed by atoms with Crippen molar-refractivity contribution >= 4 is 27.5 Å². The minimum absolute atomic E-state index is 0.106. The third-order valence-electron chi connectivity index (χ3n) is 2.55. The monoisotopic (exact) mass is 326 g/mol. The molecule has 1 N–H and O–H groups in total. The molecule has 94 valence electrons. The van der Waals surface area contributed by atoms with Gasteiger partial charge in [0.2, 0.25) is 0 Å². The highest BCUT2D eigenvalue weighted by atomic mass is 79.9. The van der Waals surface area contributed by atoms with Gasteiger partial charge in [-0.3, -0.25) is 0 Å². The molecule has 0 saturated carbocycles. The maximum Gasteiger partial charge on any atom is 0.133 e. The van der Waals surface area contributed by atoms with Gasteiger partial charge in [-0.25, -0.2) is 0 Å². The Bertz CT molecular complexity index is 570. The maximum absolute atomic E-state index is 9.27. The fourth-order valence-electron chi connectivity index (χ4n) is 1.58. The molecule has 2 aromatic carbocycles. The molecule has 0 bridgehead atoms. The summed E-state index contributed by atoms with van der Waals surface area (Å²) in [5.41, 5.74) is 1.76. The molecule has 0 aliphatic carbocycles. The number of aryl methyl sites for hydroxylation is 1. The minimum Gasteiger partial charge on any atom is -0.457 e. The van der Waals surface area contributed by atoms with E-state index in [0.717, 1.165) is 15.8 Å². The fraction of sp³-hybridized carbons (Fsp3) is 0.143.